The zero-order chi connectivity index (χ0) is 43.6. The summed E-state index contributed by atoms with van der Waals surface area (Å²) in [7, 11) is 2.10. The molecule has 0 unspecified atom stereocenters. The van der Waals surface area contributed by atoms with Gasteiger partial charge in [0.1, 0.15) is 23.2 Å². The van der Waals surface area contributed by atoms with Crippen LogP contribution in [0.2, 0.25) is 0 Å². The third kappa shape index (κ3) is 19.7. The van der Waals surface area contributed by atoms with Gasteiger partial charge in [-0.15, -0.1) is 6.42 Å². The van der Waals surface area contributed by atoms with Crippen LogP contribution < -0.4 is 32.9 Å². The summed E-state index contributed by atoms with van der Waals surface area (Å²) < 4.78 is 6.17. The molecule has 0 spiro atoms. The van der Waals surface area contributed by atoms with E-state index in [9.17, 15) is 14.9 Å². The molecule has 0 bridgehead atoms. The van der Waals surface area contributed by atoms with E-state index in [4.69, 9.17) is 22.6 Å². The molecule has 1 saturated heterocycles. The number of primary amides is 1. The largest absolute Gasteiger partial charge is 0.489 e. The molecule has 1 aliphatic heterocycles. The summed E-state index contributed by atoms with van der Waals surface area (Å²) >= 11 is 0. The predicted molar refractivity (Wildman–Crippen MR) is 254 cm³/mol. The van der Waals surface area contributed by atoms with Crippen molar-refractivity contribution >= 4 is 28.2 Å². The molecule has 3 aromatic rings. The highest BCUT2D eigenvalue weighted by Crippen LogP contribution is 2.29. The van der Waals surface area contributed by atoms with Crippen LogP contribution in [0.5, 0.6) is 5.75 Å². The maximum absolute atomic E-state index is 12.2. The molecule has 60 heavy (non-hydrogen) atoms. The van der Waals surface area contributed by atoms with Crippen molar-refractivity contribution < 1.29 is 30.3 Å². The number of hydrogen-bond acceptors (Lipinski definition) is 10. The highest BCUT2D eigenvalue weighted by Gasteiger charge is 2.22. The van der Waals surface area contributed by atoms with E-state index in [0.29, 0.717) is 29.4 Å². The van der Waals surface area contributed by atoms with Crippen LogP contribution in [-0.4, -0.2) is 47.1 Å². The van der Waals surface area contributed by atoms with Crippen molar-refractivity contribution in [2.75, 3.05) is 31.2 Å². The number of amides is 1. The molecule has 14 nitrogen and oxygen atoms in total. The van der Waals surface area contributed by atoms with Gasteiger partial charge in [-0.1, -0.05) is 24.1 Å². The molecule has 2 heterocycles. The minimum absolute atomic E-state index is 0. The minimum atomic E-state index is -0.879. The lowest BCUT2D eigenvalue weighted by Crippen LogP contribution is -2.36. The van der Waals surface area contributed by atoms with Gasteiger partial charge in [-0.2, -0.15) is 0 Å². The van der Waals surface area contributed by atoms with Crippen LogP contribution in [-0.2, 0) is 6.54 Å². The summed E-state index contributed by atoms with van der Waals surface area (Å²) in [6.07, 6.45) is 8.56. The Labute approximate surface area is 365 Å². The SMILES string of the molecule is C#CC#CC#CC#CC#CC#CC#CC#CC#CC#CC#CC.CN1CCC(Oc2cccc(NCc3ccc4c(N)nccc4c3)c2C(N)=O)CC1.NN=NN[N+](=O)[O-].[HH].[HH].[HH].[HH].[HH].[HH].[HH].[HH].[HH].[HH].[HH]. The van der Waals surface area contributed by atoms with E-state index >= 15 is 0 Å². The van der Waals surface area contributed by atoms with Crippen LogP contribution in [0.15, 0.2) is 59.1 Å². The number of nitrogens with two attached hydrogens (primary N) is 3. The highest BCUT2D eigenvalue weighted by atomic mass is 16.7. The highest BCUT2D eigenvalue weighted by molar-refractivity contribution is 6.01. The Bertz CT molecular complexity index is 2820. The fraction of sp³-hybridized carbons (Fsp3) is 0.174. The van der Waals surface area contributed by atoms with E-state index in [2.05, 4.69) is 169 Å². The molecule has 0 aliphatic carbocycles. The number of nitrogens with one attached hydrogen (secondary N) is 2. The second-order valence-electron chi connectivity index (χ2n) is 11.1. The van der Waals surface area contributed by atoms with Crippen molar-refractivity contribution in [3.05, 3.63) is 69.9 Å². The number of ether oxygens (including phenoxy) is 1. The molecule has 14 heteroatoms. The number of anilines is 2. The summed E-state index contributed by atoms with van der Waals surface area (Å²) in [5.41, 5.74) is 15.1. The van der Waals surface area contributed by atoms with E-state index in [1.54, 1.807) is 13.1 Å². The maximum Gasteiger partial charge on any atom is 0.254 e. The molecule has 1 aliphatic rings. The van der Waals surface area contributed by atoms with Gasteiger partial charge < -0.3 is 36.5 Å². The van der Waals surface area contributed by atoms with Crippen molar-refractivity contribution in [3.8, 4) is 137 Å². The number of nitro groups is 1. The smallest absolute Gasteiger partial charge is 0.254 e. The number of aromatic nitrogens is 1. The Morgan fingerprint density at radius 1 is 0.917 bits per heavy atom. The monoisotopic (exact) mass is 812 g/mol. The topological polar surface area (TPSA) is 212 Å². The number of terminal acetylenes is 1. The molecule has 8 N–H and O–H groups in total. The van der Waals surface area contributed by atoms with Gasteiger partial charge >= 0.3 is 0 Å². The third-order valence-electron chi connectivity index (χ3n) is 7.08. The maximum atomic E-state index is 12.2. The number of hydrogen-bond donors (Lipinski definition) is 5. The zero-order valence-corrected chi connectivity index (χ0v) is 32.4. The molecule has 4 rings (SSSR count). The fourth-order valence-electron chi connectivity index (χ4n) is 4.56. The number of nitrogen functional groups attached to an aromatic ring is 1. The lowest BCUT2D eigenvalue weighted by Gasteiger charge is -2.30. The van der Waals surface area contributed by atoms with Gasteiger partial charge in [0.05, 0.1) is 15.9 Å². The first-order chi connectivity index (χ1) is 29.2. The Morgan fingerprint density at radius 2 is 1.47 bits per heavy atom. The number of piperidine rings is 1. The van der Waals surface area contributed by atoms with Gasteiger partial charge in [0, 0.05) is 76.1 Å². The third-order valence-corrected chi connectivity index (χ3v) is 7.08. The molecular weight excluding hydrogens is 757 g/mol. The summed E-state index contributed by atoms with van der Waals surface area (Å²) in [5, 5.41) is 18.8. The van der Waals surface area contributed by atoms with Crippen molar-refractivity contribution in [1.82, 2.24) is 15.4 Å². The molecule has 314 valence electrons. The number of benzene rings is 2. The molecule has 0 radical (unpaired) electrons. The van der Waals surface area contributed by atoms with Gasteiger partial charge in [-0.05, 0) is 157 Å². The summed E-state index contributed by atoms with van der Waals surface area (Å²) in [6, 6.07) is 13.5. The first-order valence-corrected chi connectivity index (χ1v) is 17.2. The van der Waals surface area contributed by atoms with Gasteiger partial charge in [-0.3, -0.25) is 10.6 Å². The van der Waals surface area contributed by atoms with Gasteiger partial charge in [0.2, 0.25) is 0 Å². The Kier molecular flexibility index (Phi) is 22.4. The van der Waals surface area contributed by atoms with Crippen LogP contribution in [0.1, 0.15) is 51.4 Å². The molecular formula is C46H56N10O4. The van der Waals surface area contributed by atoms with E-state index < -0.39 is 10.9 Å². The first kappa shape index (κ1) is 46.6. The molecule has 0 atom stereocenters. The van der Waals surface area contributed by atoms with E-state index in [-0.39, 0.29) is 21.8 Å². The molecule has 1 aromatic heterocycles. The second-order valence-corrected chi connectivity index (χ2v) is 11.1. The predicted octanol–water partition coefficient (Wildman–Crippen LogP) is 5.39. The number of nitrogens with zero attached hydrogens (tertiary/aromatic N) is 5. The Hall–Kier alpha value is -9.56. The first-order valence-electron chi connectivity index (χ1n) is 17.2. The quantitative estimate of drug-likeness (QED) is 0.0644. The number of likely N-dealkylation sites (tertiary alicyclic amines) is 1. The number of fused-ring (bicyclic) bond motifs is 1. The average molecular weight is 813 g/mol. The summed E-state index contributed by atoms with van der Waals surface area (Å²) in [4.78, 5) is 27.9. The van der Waals surface area contributed by atoms with Gasteiger partial charge in [-0.25, -0.2) is 4.98 Å². The van der Waals surface area contributed by atoms with Crippen LogP contribution in [0.4, 0.5) is 11.5 Å². The van der Waals surface area contributed by atoms with Crippen molar-refractivity contribution in [3.63, 3.8) is 0 Å². The fourth-order valence-corrected chi connectivity index (χ4v) is 4.56. The lowest BCUT2D eigenvalue weighted by atomic mass is 10.1. The van der Waals surface area contributed by atoms with Crippen molar-refractivity contribution in [1.29, 1.82) is 0 Å². The normalized spacial score (nSPS) is 10.2. The minimum Gasteiger partial charge on any atom is -0.489 e. The Morgan fingerprint density at radius 3 is 1.95 bits per heavy atom. The van der Waals surface area contributed by atoms with Crippen LogP contribution >= 0.6 is 0 Å². The van der Waals surface area contributed by atoms with E-state index in [1.165, 1.54) is 5.53 Å². The Balaban J connectivity index is -0.000000103. The average Bonchev–Trinajstić information content (AvgIpc) is 3.24. The molecule has 1 fully saturated rings. The number of rotatable bonds is 8. The number of carbonyl (C=O) groups excluding carboxylic acids is 1. The summed E-state index contributed by atoms with van der Waals surface area (Å²) in [6.45, 7) is 4.20. The van der Waals surface area contributed by atoms with Crippen LogP contribution in [0.3, 0.4) is 0 Å². The number of hydrazine groups is 1. The van der Waals surface area contributed by atoms with E-state index in [1.807, 2.05) is 36.4 Å². The van der Waals surface area contributed by atoms with Gasteiger partial charge in [0.15, 0.2) is 5.22 Å². The molecule has 1 amide bonds. The van der Waals surface area contributed by atoms with Crippen molar-refractivity contribution in [2.24, 2.45) is 22.0 Å². The van der Waals surface area contributed by atoms with Crippen LogP contribution in [0.25, 0.3) is 10.8 Å². The second kappa shape index (κ2) is 28.8. The zero-order valence-electron chi connectivity index (χ0n) is 32.4. The molecule has 2 aromatic carbocycles. The van der Waals surface area contributed by atoms with Crippen LogP contribution in [0, 0.1) is 141 Å². The van der Waals surface area contributed by atoms with Crippen molar-refractivity contribution in [2.45, 2.75) is 32.4 Å². The lowest BCUT2D eigenvalue weighted by molar-refractivity contribution is -0.546. The summed E-state index contributed by atoms with van der Waals surface area (Å²) in [5.74, 6) is 56.8. The number of carbonyl (C=O) groups is 1. The molecule has 0 saturated carbocycles. The standard InChI is InChI=1S/C23H27N5O2.C23H4.H3N5O2.11H2/c1-28-11-8-17(9-12-28)30-20-4-2-3-19(21(20)23(25)29)27-14-15-5-6-18-16(13-15)7-10-26-22(18)24;1-3-5-7-9-11-13-15-17-19-21-23-22-20-18-16-14-12-10-8-6-4-2;1-2-3-4-5(6)7;;;;;;;;;;;/h2-7,10,13,17,27H,8-9,11-12,14H2,1H3,(H2,24,26)(H2,25,29);1H,2H3;(H2,1,3)(H,2,4);11*1H. The number of pyridine rings is 1. The van der Waals surface area contributed by atoms with Gasteiger partial charge in [0.25, 0.3) is 5.91 Å². The van der Waals surface area contributed by atoms with E-state index in [0.717, 1.165) is 42.3 Å².